The van der Waals surface area contributed by atoms with Gasteiger partial charge in [0.1, 0.15) is 6.04 Å². The summed E-state index contributed by atoms with van der Waals surface area (Å²) in [6, 6.07) is 0.394. The summed E-state index contributed by atoms with van der Waals surface area (Å²) in [6.07, 6.45) is 3.72. The van der Waals surface area contributed by atoms with E-state index in [2.05, 4.69) is 17.0 Å². The predicted octanol–water partition coefficient (Wildman–Crippen LogP) is 1.33. The Kier molecular flexibility index (Phi) is 3.72. The van der Waals surface area contributed by atoms with E-state index in [0.717, 1.165) is 5.92 Å². The highest BCUT2D eigenvalue weighted by molar-refractivity contribution is 5.75. The van der Waals surface area contributed by atoms with E-state index in [0.29, 0.717) is 6.04 Å². The monoisotopic (exact) mass is 185 g/mol. The maximum Gasteiger partial charge on any atom is 0.322 e. The van der Waals surface area contributed by atoms with Crippen LogP contribution in [0.3, 0.4) is 0 Å². The maximum atomic E-state index is 11.1. The standard InChI is InChI=1S/C10H19NO2/c1-4-5-8-6-9(8)11-7(2)10(12)13-3/h7-9,11H,4-6H2,1-3H3. The Bertz CT molecular complexity index is 182. The molecule has 1 saturated carbocycles. The van der Waals surface area contributed by atoms with Crippen molar-refractivity contribution in [3.63, 3.8) is 0 Å². The molecule has 13 heavy (non-hydrogen) atoms. The van der Waals surface area contributed by atoms with Crippen molar-refractivity contribution in [2.75, 3.05) is 7.11 Å². The summed E-state index contributed by atoms with van der Waals surface area (Å²) in [5.74, 6) is 0.624. The number of esters is 1. The van der Waals surface area contributed by atoms with E-state index in [1.54, 1.807) is 0 Å². The molecule has 0 amide bonds. The Morgan fingerprint density at radius 2 is 2.38 bits per heavy atom. The lowest BCUT2D eigenvalue weighted by atomic mass is 10.2. The number of ether oxygens (including phenoxy) is 1. The number of carbonyl (C=O) groups excluding carboxylic acids is 1. The second-order valence-electron chi connectivity index (χ2n) is 3.80. The van der Waals surface area contributed by atoms with Crippen LogP contribution in [-0.2, 0) is 9.53 Å². The molecule has 1 aliphatic carbocycles. The van der Waals surface area contributed by atoms with Gasteiger partial charge in [-0.2, -0.15) is 0 Å². The molecule has 0 saturated heterocycles. The molecule has 0 heterocycles. The third-order valence-electron chi connectivity index (χ3n) is 2.60. The van der Waals surface area contributed by atoms with Crippen molar-refractivity contribution in [3.8, 4) is 0 Å². The van der Waals surface area contributed by atoms with Crippen LogP contribution < -0.4 is 5.32 Å². The molecule has 0 aromatic carbocycles. The van der Waals surface area contributed by atoms with Gasteiger partial charge in [-0.3, -0.25) is 4.79 Å². The first-order valence-electron chi connectivity index (χ1n) is 5.03. The van der Waals surface area contributed by atoms with E-state index in [9.17, 15) is 4.79 Å². The summed E-state index contributed by atoms with van der Waals surface area (Å²) in [7, 11) is 1.43. The second kappa shape index (κ2) is 4.61. The fraction of sp³-hybridized carbons (Fsp3) is 0.900. The summed E-state index contributed by atoms with van der Waals surface area (Å²) in [5.41, 5.74) is 0. The molecule has 0 aliphatic heterocycles. The van der Waals surface area contributed by atoms with Crippen LogP contribution >= 0.6 is 0 Å². The molecule has 0 bridgehead atoms. The van der Waals surface area contributed by atoms with E-state index >= 15 is 0 Å². The van der Waals surface area contributed by atoms with Gasteiger partial charge in [0.2, 0.25) is 0 Å². The average Bonchev–Trinajstić information content (AvgIpc) is 2.83. The quantitative estimate of drug-likeness (QED) is 0.657. The number of hydrogen-bond donors (Lipinski definition) is 1. The molecule has 1 N–H and O–H groups in total. The summed E-state index contributed by atoms with van der Waals surface area (Å²) in [4.78, 5) is 11.1. The molecule has 1 rings (SSSR count). The highest BCUT2D eigenvalue weighted by atomic mass is 16.5. The van der Waals surface area contributed by atoms with Crippen LogP contribution in [0.4, 0.5) is 0 Å². The summed E-state index contributed by atoms with van der Waals surface area (Å²) >= 11 is 0. The van der Waals surface area contributed by atoms with Crippen LogP contribution in [0.15, 0.2) is 0 Å². The molecule has 1 aliphatic rings. The Morgan fingerprint density at radius 3 is 2.92 bits per heavy atom. The zero-order valence-electron chi connectivity index (χ0n) is 8.67. The van der Waals surface area contributed by atoms with Crippen molar-refractivity contribution in [2.24, 2.45) is 5.92 Å². The topological polar surface area (TPSA) is 38.3 Å². The van der Waals surface area contributed by atoms with Gasteiger partial charge in [-0.25, -0.2) is 0 Å². The lowest BCUT2D eigenvalue weighted by Gasteiger charge is -2.10. The zero-order chi connectivity index (χ0) is 9.84. The van der Waals surface area contributed by atoms with Crippen molar-refractivity contribution in [3.05, 3.63) is 0 Å². The maximum absolute atomic E-state index is 11.1. The molecule has 1 fully saturated rings. The minimum Gasteiger partial charge on any atom is -0.468 e. The van der Waals surface area contributed by atoms with Gasteiger partial charge >= 0.3 is 5.97 Å². The lowest BCUT2D eigenvalue weighted by Crippen LogP contribution is -2.36. The van der Waals surface area contributed by atoms with Crippen molar-refractivity contribution in [1.29, 1.82) is 0 Å². The van der Waals surface area contributed by atoms with E-state index in [-0.39, 0.29) is 12.0 Å². The Morgan fingerprint density at radius 1 is 1.69 bits per heavy atom. The normalized spacial score (nSPS) is 28.2. The van der Waals surface area contributed by atoms with Crippen molar-refractivity contribution < 1.29 is 9.53 Å². The van der Waals surface area contributed by atoms with Crippen LogP contribution in [-0.4, -0.2) is 25.2 Å². The molecule has 0 radical (unpaired) electrons. The number of rotatable bonds is 5. The molecular weight excluding hydrogens is 166 g/mol. The number of hydrogen-bond acceptors (Lipinski definition) is 3. The molecule has 0 spiro atoms. The SMILES string of the molecule is CCCC1CC1NC(C)C(=O)OC. The van der Waals surface area contributed by atoms with Crippen LogP contribution in [0.5, 0.6) is 0 Å². The Balaban J connectivity index is 2.16. The fourth-order valence-corrected chi connectivity index (χ4v) is 1.71. The molecule has 3 heteroatoms. The predicted molar refractivity (Wildman–Crippen MR) is 51.4 cm³/mol. The van der Waals surface area contributed by atoms with Gasteiger partial charge < -0.3 is 10.1 Å². The van der Waals surface area contributed by atoms with Crippen molar-refractivity contribution >= 4 is 5.97 Å². The first-order valence-corrected chi connectivity index (χ1v) is 5.03. The van der Waals surface area contributed by atoms with Gasteiger partial charge in [0.05, 0.1) is 7.11 Å². The molecule has 3 unspecified atom stereocenters. The third kappa shape index (κ3) is 2.99. The van der Waals surface area contributed by atoms with E-state index < -0.39 is 0 Å². The minimum absolute atomic E-state index is 0.156. The Labute approximate surface area is 79.8 Å². The number of methoxy groups -OCH3 is 1. The molecule has 3 nitrogen and oxygen atoms in total. The van der Waals surface area contributed by atoms with E-state index in [1.807, 2.05) is 6.92 Å². The minimum atomic E-state index is -0.165. The van der Waals surface area contributed by atoms with Gasteiger partial charge in [0.15, 0.2) is 0 Å². The molecule has 76 valence electrons. The highest BCUT2D eigenvalue weighted by Gasteiger charge is 2.37. The van der Waals surface area contributed by atoms with Gasteiger partial charge in [-0.15, -0.1) is 0 Å². The van der Waals surface area contributed by atoms with E-state index in [4.69, 9.17) is 0 Å². The first kappa shape index (κ1) is 10.5. The van der Waals surface area contributed by atoms with Crippen molar-refractivity contribution in [1.82, 2.24) is 5.32 Å². The van der Waals surface area contributed by atoms with Gasteiger partial charge in [-0.05, 0) is 25.7 Å². The van der Waals surface area contributed by atoms with Gasteiger partial charge in [0, 0.05) is 6.04 Å². The van der Waals surface area contributed by atoms with E-state index in [1.165, 1.54) is 26.4 Å². The Hall–Kier alpha value is -0.570. The van der Waals surface area contributed by atoms with Crippen molar-refractivity contribution in [2.45, 2.75) is 45.2 Å². The van der Waals surface area contributed by atoms with Gasteiger partial charge in [-0.1, -0.05) is 13.3 Å². The third-order valence-corrected chi connectivity index (χ3v) is 2.60. The molecule has 0 aromatic rings. The van der Waals surface area contributed by atoms with Crippen LogP contribution in [0.1, 0.15) is 33.1 Å². The fourth-order valence-electron chi connectivity index (χ4n) is 1.71. The van der Waals surface area contributed by atoms with Crippen LogP contribution in [0.25, 0.3) is 0 Å². The molecule has 0 aromatic heterocycles. The average molecular weight is 185 g/mol. The number of nitrogens with one attached hydrogen (secondary N) is 1. The highest BCUT2D eigenvalue weighted by Crippen LogP contribution is 2.34. The summed E-state index contributed by atoms with van der Waals surface area (Å²) < 4.78 is 4.63. The second-order valence-corrected chi connectivity index (χ2v) is 3.80. The van der Waals surface area contributed by atoms with Crippen LogP contribution in [0.2, 0.25) is 0 Å². The smallest absolute Gasteiger partial charge is 0.322 e. The summed E-state index contributed by atoms with van der Waals surface area (Å²) in [5, 5.41) is 3.26. The summed E-state index contributed by atoms with van der Waals surface area (Å²) in [6.45, 7) is 4.05. The molecular formula is C10H19NO2. The largest absolute Gasteiger partial charge is 0.468 e. The number of carbonyl (C=O) groups is 1. The van der Waals surface area contributed by atoms with Gasteiger partial charge in [0.25, 0.3) is 0 Å². The first-order chi connectivity index (χ1) is 6.19. The zero-order valence-corrected chi connectivity index (χ0v) is 8.67. The van der Waals surface area contributed by atoms with Crippen LogP contribution in [0, 0.1) is 5.92 Å². The lowest BCUT2D eigenvalue weighted by molar-refractivity contribution is -0.142. The molecule has 3 atom stereocenters.